The minimum absolute atomic E-state index is 0.170. The van der Waals surface area contributed by atoms with Crippen molar-refractivity contribution < 1.29 is 5.11 Å². The van der Waals surface area contributed by atoms with E-state index in [1.54, 1.807) is 0 Å². The Bertz CT molecular complexity index is 383. The summed E-state index contributed by atoms with van der Waals surface area (Å²) in [5.74, 6) is 0.994. The molecule has 1 N–H and O–H groups in total. The summed E-state index contributed by atoms with van der Waals surface area (Å²) in [6.45, 7) is 7.19. The quantitative estimate of drug-likeness (QED) is 0.845. The maximum absolute atomic E-state index is 9.73. The molecule has 1 nitrogen and oxygen atoms in total. The Labute approximate surface area is 105 Å². The van der Waals surface area contributed by atoms with Crippen LogP contribution in [0.25, 0.3) is 0 Å². The molecule has 0 bridgehead atoms. The first-order valence-electron chi connectivity index (χ1n) is 6.86. The van der Waals surface area contributed by atoms with Gasteiger partial charge >= 0.3 is 0 Å². The molecule has 0 aliphatic heterocycles. The van der Waals surface area contributed by atoms with Crippen LogP contribution in [0.5, 0.6) is 0 Å². The van der Waals surface area contributed by atoms with Gasteiger partial charge in [-0.15, -0.1) is 0 Å². The van der Waals surface area contributed by atoms with Gasteiger partial charge in [0.2, 0.25) is 0 Å². The van der Waals surface area contributed by atoms with E-state index in [9.17, 15) is 5.11 Å². The monoisotopic (exact) mass is 232 g/mol. The first kappa shape index (κ1) is 12.6. The van der Waals surface area contributed by atoms with Gasteiger partial charge in [-0.2, -0.15) is 0 Å². The smallest absolute Gasteiger partial charge is 0.0468 e. The Kier molecular flexibility index (Phi) is 3.58. The molecule has 2 rings (SSSR count). The van der Waals surface area contributed by atoms with Crippen LogP contribution in [0.1, 0.15) is 44.7 Å². The molecular weight excluding hydrogens is 208 g/mol. The van der Waals surface area contributed by atoms with Crippen molar-refractivity contribution in [1.29, 1.82) is 0 Å². The zero-order valence-corrected chi connectivity index (χ0v) is 11.2. The lowest BCUT2D eigenvalue weighted by atomic mass is 9.57. The number of hydrogen-bond acceptors (Lipinski definition) is 1. The molecule has 2 atom stereocenters. The van der Waals surface area contributed by atoms with Crippen molar-refractivity contribution in [3.05, 3.63) is 35.4 Å². The molecule has 0 saturated heterocycles. The molecule has 0 amide bonds. The Morgan fingerprint density at radius 2 is 2.06 bits per heavy atom. The molecule has 1 aliphatic carbocycles. The molecule has 0 spiro atoms. The van der Waals surface area contributed by atoms with Crippen molar-refractivity contribution in [2.45, 2.75) is 45.4 Å². The zero-order chi connectivity index (χ0) is 12.5. The predicted octanol–water partition coefficient (Wildman–Crippen LogP) is 3.55. The molecule has 2 unspecified atom stereocenters. The van der Waals surface area contributed by atoms with Gasteiger partial charge in [0.25, 0.3) is 0 Å². The summed E-state index contributed by atoms with van der Waals surface area (Å²) >= 11 is 0. The maximum atomic E-state index is 9.73. The topological polar surface area (TPSA) is 20.2 Å². The number of aliphatic hydroxyl groups excluding tert-OH is 1. The Hall–Kier alpha value is -0.820. The van der Waals surface area contributed by atoms with Crippen molar-refractivity contribution in [2.75, 3.05) is 6.61 Å². The molecule has 0 radical (unpaired) electrons. The van der Waals surface area contributed by atoms with Gasteiger partial charge in [-0.25, -0.2) is 0 Å². The molecule has 17 heavy (non-hydrogen) atoms. The van der Waals surface area contributed by atoms with E-state index in [-0.39, 0.29) is 5.41 Å². The van der Waals surface area contributed by atoms with Gasteiger partial charge in [-0.05, 0) is 42.2 Å². The van der Waals surface area contributed by atoms with Gasteiger partial charge in [0, 0.05) is 12.0 Å². The SMILES string of the molecule is CCC1(C(C)C)c2ccccc2CCC1CO. The minimum atomic E-state index is 0.170. The standard InChI is InChI=1S/C16H24O/c1-4-16(12(2)3)14(11-17)10-9-13-7-5-6-8-15(13)16/h5-8,12,14,17H,4,9-11H2,1-3H3. The number of hydrogen-bond donors (Lipinski definition) is 1. The van der Waals surface area contributed by atoms with Crippen LogP contribution in [-0.4, -0.2) is 11.7 Å². The lowest BCUT2D eigenvalue weighted by molar-refractivity contribution is 0.0907. The van der Waals surface area contributed by atoms with Crippen LogP contribution in [0, 0.1) is 11.8 Å². The highest BCUT2D eigenvalue weighted by Crippen LogP contribution is 2.48. The first-order valence-corrected chi connectivity index (χ1v) is 6.86. The number of benzene rings is 1. The average molecular weight is 232 g/mol. The number of fused-ring (bicyclic) bond motifs is 1. The van der Waals surface area contributed by atoms with Crippen LogP contribution < -0.4 is 0 Å². The largest absolute Gasteiger partial charge is 0.396 e. The minimum Gasteiger partial charge on any atom is -0.396 e. The summed E-state index contributed by atoms with van der Waals surface area (Å²) in [4.78, 5) is 0. The third-order valence-corrected chi connectivity index (χ3v) is 4.85. The lowest BCUT2D eigenvalue weighted by Crippen LogP contribution is -2.45. The summed E-state index contributed by atoms with van der Waals surface area (Å²) in [7, 11) is 0. The Morgan fingerprint density at radius 1 is 1.35 bits per heavy atom. The highest BCUT2D eigenvalue weighted by molar-refractivity contribution is 5.38. The van der Waals surface area contributed by atoms with Crippen LogP contribution in [0.15, 0.2) is 24.3 Å². The van der Waals surface area contributed by atoms with Gasteiger partial charge in [-0.1, -0.05) is 45.0 Å². The van der Waals surface area contributed by atoms with Crippen LogP contribution in [0.4, 0.5) is 0 Å². The fraction of sp³-hybridized carbons (Fsp3) is 0.625. The molecule has 0 aromatic heterocycles. The van der Waals surface area contributed by atoms with E-state index in [1.807, 2.05) is 0 Å². The molecule has 94 valence electrons. The van der Waals surface area contributed by atoms with E-state index in [1.165, 1.54) is 11.1 Å². The second kappa shape index (κ2) is 4.81. The molecule has 1 aromatic rings. The molecule has 1 aromatic carbocycles. The third kappa shape index (κ3) is 1.81. The zero-order valence-electron chi connectivity index (χ0n) is 11.2. The van der Waals surface area contributed by atoms with Crippen LogP contribution in [-0.2, 0) is 11.8 Å². The van der Waals surface area contributed by atoms with Crippen molar-refractivity contribution in [2.24, 2.45) is 11.8 Å². The van der Waals surface area contributed by atoms with E-state index in [4.69, 9.17) is 0 Å². The second-order valence-corrected chi connectivity index (χ2v) is 5.62. The highest BCUT2D eigenvalue weighted by Gasteiger charge is 2.44. The van der Waals surface area contributed by atoms with Gasteiger partial charge in [-0.3, -0.25) is 0 Å². The van der Waals surface area contributed by atoms with E-state index in [0.29, 0.717) is 18.4 Å². The van der Waals surface area contributed by atoms with E-state index in [2.05, 4.69) is 45.0 Å². The fourth-order valence-corrected chi connectivity index (χ4v) is 3.92. The van der Waals surface area contributed by atoms with Gasteiger partial charge in [0.05, 0.1) is 0 Å². The van der Waals surface area contributed by atoms with Crippen LogP contribution in [0.2, 0.25) is 0 Å². The van der Waals surface area contributed by atoms with Gasteiger partial charge < -0.3 is 5.11 Å². The van der Waals surface area contributed by atoms with Gasteiger partial charge in [0.1, 0.15) is 0 Å². The van der Waals surface area contributed by atoms with E-state index < -0.39 is 0 Å². The van der Waals surface area contributed by atoms with E-state index in [0.717, 1.165) is 19.3 Å². The number of rotatable bonds is 3. The molecule has 1 heteroatoms. The third-order valence-electron chi connectivity index (χ3n) is 4.85. The predicted molar refractivity (Wildman–Crippen MR) is 72.1 cm³/mol. The molecular formula is C16H24O. The molecule has 0 saturated carbocycles. The van der Waals surface area contributed by atoms with Crippen molar-refractivity contribution in [3.63, 3.8) is 0 Å². The van der Waals surface area contributed by atoms with E-state index >= 15 is 0 Å². The fourth-order valence-electron chi connectivity index (χ4n) is 3.92. The average Bonchev–Trinajstić information content (AvgIpc) is 2.36. The first-order chi connectivity index (χ1) is 8.16. The lowest BCUT2D eigenvalue weighted by Gasteiger charge is -2.48. The van der Waals surface area contributed by atoms with Crippen molar-refractivity contribution >= 4 is 0 Å². The number of aliphatic hydroxyl groups is 1. The normalized spacial score (nSPS) is 28.2. The summed E-state index contributed by atoms with van der Waals surface area (Å²) < 4.78 is 0. The molecule has 1 aliphatic rings. The van der Waals surface area contributed by atoms with Crippen molar-refractivity contribution in [1.82, 2.24) is 0 Å². The second-order valence-electron chi connectivity index (χ2n) is 5.62. The summed E-state index contributed by atoms with van der Waals surface area (Å²) in [6.07, 6.45) is 3.36. The van der Waals surface area contributed by atoms with Crippen LogP contribution in [0.3, 0.4) is 0 Å². The molecule has 0 fully saturated rings. The maximum Gasteiger partial charge on any atom is 0.0468 e. The van der Waals surface area contributed by atoms with Gasteiger partial charge in [0.15, 0.2) is 0 Å². The molecule has 0 heterocycles. The summed E-state index contributed by atoms with van der Waals surface area (Å²) in [5.41, 5.74) is 3.15. The van der Waals surface area contributed by atoms with Crippen molar-refractivity contribution in [3.8, 4) is 0 Å². The van der Waals surface area contributed by atoms with Crippen LogP contribution >= 0.6 is 0 Å². The Morgan fingerprint density at radius 3 is 2.65 bits per heavy atom. The highest BCUT2D eigenvalue weighted by atomic mass is 16.3. The summed E-state index contributed by atoms with van der Waals surface area (Å²) in [6, 6.07) is 8.82. The number of aryl methyl sites for hydroxylation is 1. The Balaban J connectivity index is 2.57. The summed E-state index contributed by atoms with van der Waals surface area (Å²) in [5, 5.41) is 9.73.